The predicted octanol–water partition coefficient (Wildman–Crippen LogP) is 2.35. The van der Waals surface area contributed by atoms with E-state index in [1.54, 1.807) is 7.05 Å². The summed E-state index contributed by atoms with van der Waals surface area (Å²) in [7, 11) is 1.59. The van der Waals surface area contributed by atoms with Crippen LogP contribution in [-0.4, -0.2) is 23.8 Å². The Morgan fingerprint density at radius 3 is 1.80 bits per heavy atom. The van der Waals surface area contributed by atoms with E-state index in [4.69, 9.17) is 0 Å². The number of amides is 2. The highest BCUT2D eigenvalue weighted by atomic mass is 16.2. The van der Waals surface area contributed by atoms with E-state index < -0.39 is 0 Å². The summed E-state index contributed by atoms with van der Waals surface area (Å²) in [4.78, 5) is 24.2. The average Bonchev–Trinajstić information content (AvgIpc) is 2.66. The quantitative estimate of drug-likeness (QED) is 0.577. The molecule has 2 amide bonds. The van der Waals surface area contributed by atoms with Crippen molar-refractivity contribution >= 4 is 11.8 Å². The highest BCUT2D eigenvalue weighted by Crippen LogP contribution is 2.46. The summed E-state index contributed by atoms with van der Waals surface area (Å²) in [5.74, 6) is 0.0244. The first-order valence-corrected chi connectivity index (χ1v) is 5.92. The van der Waals surface area contributed by atoms with Crippen LogP contribution in [-0.2, 0) is 9.59 Å². The largest absolute Gasteiger partial charge is 0.286 e. The molecule has 2 rings (SSSR count). The molecule has 1 saturated carbocycles. The fraction of sp³-hybridized carbons (Fsp3) is 0.833. The smallest absolute Gasteiger partial charge is 0.229 e. The topological polar surface area (TPSA) is 37.4 Å². The molecule has 1 aliphatic carbocycles. The van der Waals surface area contributed by atoms with E-state index in [9.17, 15) is 9.59 Å². The van der Waals surface area contributed by atoms with Crippen LogP contribution in [0, 0.1) is 5.41 Å². The SMILES string of the molecule is CC.CN1C(=O)CC2(CCCC2)CC1=O. The van der Waals surface area contributed by atoms with Crippen molar-refractivity contribution in [2.45, 2.75) is 52.4 Å². The van der Waals surface area contributed by atoms with Gasteiger partial charge in [0.15, 0.2) is 0 Å². The van der Waals surface area contributed by atoms with Gasteiger partial charge in [0.1, 0.15) is 0 Å². The summed E-state index contributed by atoms with van der Waals surface area (Å²) in [5, 5.41) is 0. The molecule has 3 heteroatoms. The lowest BCUT2D eigenvalue weighted by Crippen LogP contribution is -2.44. The molecule has 1 heterocycles. The normalized spacial score (nSPS) is 24.1. The summed E-state index contributed by atoms with van der Waals surface area (Å²) in [6.45, 7) is 4.00. The van der Waals surface area contributed by atoms with Crippen molar-refractivity contribution in [1.82, 2.24) is 4.90 Å². The molecule has 86 valence electrons. The maximum Gasteiger partial charge on any atom is 0.229 e. The molecule has 0 aromatic carbocycles. The fourth-order valence-corrected chi connectivity index (χ4v) is 2.56. The first-order chi connectivity index (χ1) is 7.13. The van der Waals surface area contributed by atoms with Crippen molar-refractivity contribution in [3.63, 3.8) is 0 Å². The lowest BCUT2D eigenvalue weighted by Gasteiger charge is -2.35. The van der Waals surface area contributed by atoms with Crippen LogP contribution in [0.1, 0.15) is 52.4 Å². The van der Waals surface area contributed by atoms with E-state index in [-0.39, 0.29) is 17.2 Å². The molecular weight excluding hydrogens is 190 g/mol. The average molecular weight is 211 g/mol. The first kappa shape index (κ1) is 12.2. The number of rotatable bonds is 0. The molecule has 15 heavy (non-hydrogen) atoms. The number of hydrogen-bond acceptors (Lipinski definition) is 2. The third-order valence-electron chi connectivity index (χ3n) is 3.46. The van der Waals surface area contributed by atoms with E-state index in [0.717, 1.165) is 12.8 Å². The lowest BCUT2D eigenvalue weighted by atomic mass is 9.76. The number of imide groups is 1. The van der Waals surface area contributed by atoms with Crippen LogP contribution in [0.25, 0.3) is 0 Å². The molecular formula is C12H21NO2. The second-order valence-electron chi connectivity index (χ2n) is 4.41. The molecule has 1 spiro atoms. The van der Waals surface area contributed by atoms with Gasteiger partial charge in [-0.1, -0.05) is 26.7 Å². The van der Waals surface area contributed by atoms with Crippen LogP contribution in [0.15, 0.2) is 0 Å². The van der Waals surface area contributed by atoms with E-state index in [0.29, 0.717) is 12.8 Å². The van der Waals surface area contributed by atoms with Gasteiger partial charge in [0, 0.05) is 19.9 Å². The third kappa shape index (κ3) is 2.39. The van der Waals surface area contributed by atoms with Crippen molar-refractivity contribution in [3.05, 3.63) is 0 Å². The monoisotopic (exact) mass is 211 g/mol. The van der Waals surface area contributed by atoms with E-state index in [2.05, 4.69) is 0 Å². The van der Waals surface area contributed by atoms with E-state index >= 15 is 0 Å². The summed E-state index contributed by atoms with van der Waals surface area (Å²) < 4.78 is 0. The standard InChI is InChI=1S/C10H15NO2.C2H6/c1-11-8(12)6-10(7-9(11)13)4-2-3-5-10;1-2/h2-7H2,1H3;1-2H3. The molecule has 0 radical (unpaired) electrons. The summed E-state index contributed by atoms with van der Waals surface area (Å²) >= 11 is 0. The number of carbonyl (C=O) groups is 2. The van der Waals surface area contributed by atoms with Gasteiger partial charge in [0.25, 0.3) is 0 Å². The van der Waals surface area contributed by atoms with Gasteiger partial charge in [-0.2, -0.15) is 0 Å². The summed E-state index contributed by atoms with van der Waals surface area (Å²) in [5.41, 5.74) is 0.0562. The second kappa shape index (κ2) is 4.77. The summed E-state index contributed by atoms with van der Waals surface area (Å²) in [6, 6.07) is 0. The Kier molecular flexibility index (Phi) is 3.89. The Balaban J connectivity index is 0.000000531. The maximum absolute atomic E-state index is 11.5. The van der Waals surface area contributed by atoms with Crippen molar-refractivity contribution in [1.29, 1.82) is 0 Å². The van der Waals surface area contributed by atoms with Gasteiger partial charge in [-0.15, -0.1) is 0 Å². The minimum absolute atomic E-state index is 0.0122. The van der Waals surface area contributed by atoms with Crippen molar-refractivity contribution in [2.24, 2.45) is 5.41 Å². The lowest BCUT2D eigenvalue weighted by molar-refractivity contribution is -0.151. The molecule has 0 N–H and O–H groups in total. The molecule has 2 fully saturated rings. The van der Waals surface area contributed by atoms with Gasteiger partial charge in [-0.05, 0) is 18.3 Å². The molecule has 0 atom stereocenters. The highest BCUT2D eigenvalue weighted by molar-refractivity contribution is 5.98. The van der Waals surface area contributed by atoms with Gasteiger partial charge in [0.2, 0.25) is 11.8 Å². The Morgan fingerprint density at radius 1 is 1.00 bits per heavy atom. The highest BCUT2D eigenvalue weighted by Gasteiger charge is 2.43. The Bertz CT molecular complexity index is 234. The molecule has 1 saturated heterocycles. The van der Waals surface area contributed by atoms with Crippen molar-refractivity contribution < 1.29 is 9.59 Å². The molecule has 0 aromatic heterocycles. The number of carbonyl (C=O) groups excluding carboxylic acids is 2. The molecule has 0 aromatic rings. The minimum Gasteiger partial charge on any atom is -0.286 e. The van der Waals surface area contributed by atoms with Crippen LogP contribution in [0.2, 0.25) is 0 Å². The van der Waals surface area contributed by atoms with E-state index in [1.165, 1.54) is 17.7 Å². The maximum atomic E-state index is 11.5. The Labute approximate surface area is 91.8 Å². The zero-order valence-electron chi connectivity index (χ0n) is 10.0. The predicted molar refractivity (Wildman–Crippen MR) is 59.3 cm³/mol. The second-order valence-corrected chi connectivity index (χ2v) is 4.41. The number of hydrogen-bond donors (Lipinski definition) is 0. The van der Waals surface area contributed by atoms with Gasteiger partial charge in [-0.3, -0.25) is 14.5 Å². The minimum atomic E-state index is 0.0122. The number of likely N-dealkylation sites (tertiary alicyclic amines) is 1. The number of piperidine rings is 1. The van der Waals surface area contributed by atoms with Gasteiger partial charge < -0.3 is 0 Å². The fourth-order valence-electron chi connectivity index (χ4n) is 2.56. The zero-order valence-corrected chi connectivity index (χ0v) is 10.0. The molecule has 2 aliphatic rings. The first-order valence-electron chi connectivity index (χ1n) is 5.92. The molecule has 3 nitrogen and oxygen atoms in total. The third-order valence-corrected chi connectivity index (χ3v) is 3.46. The Hall–Kier alpha value is -0.860. The van der Waals surface area contributed by atoms with Gasteiger partial charge >= 0.3 is 0 Å². The van der Waals surface area contributed by atoms with Gasteiger partial charge in [0.05, 0.1) is 0 Å². The van der Waals surface area contributed by atoms with Crippen molar-refractivity contribution in [3.8, 4) is 0 Å². The molecule has 0 unspecified atom stereocenters. The van der Waals surface area contributed by atoms with E-state index in [1.807, 2.05) is 13.8 Å². The van der Waals surface area contributed by atoms with Crippen LogP contribution >= 0.6 is 0 Å². The Morgan fingerprint density at radius 2 is 1.40 bits per heavy atom. The zero-order chi connectivity index (χ0) is 11.5. The van der Waals surface area contributed by atoms with Crippen molar-refractivity contribution in [2.75, 3.05) is 7.05 Å². The van der Waals surface area contributed by atoms with Crippen LogP contribution in [0.5, 0.6) is 0 Å². The van der Waals surface area contributed by atoms with Crippen LogP contribution in [0.4, 0.5) is 0 Å². The molecule has 0 bridgehead atoms. The number of nitrogens with zero attached hydrogens (tertiary/aromatic N) is 1. The van der Waals surface area contributed by atoms with Crippen LogP contribution < -0.4 is 0 Å². The van der Waals surface area contributed by atoms with Crippen LogP contribution in [0.3, 0.4) is 0 Å². The summed E-state index contributed by atoms with van der Waals surface area (Å²) in [6.07, 6.45) is 5.69. The molecule has 1 aliphatic heterocycles. The van der Waals surface area contributed by atoms with Gasteiger partial charge in [-0.25, -0.2) is 0 Å².